The lowest BCUT2D eigenvalue weighted by Crippen LogP contribution is -2.45. The lowest BCUT2D eigenvalue weighted by molar-refractivity contribution is -0.155. The largest absolute Gasteiger partial charge is 0.460 e. The van der Waals surface area contributed by atoms with Gasteiger partial charge in [-0.3, -0.25) is 19.2 Å². The van der Waals surface area contributed by atoms with Crippen LogP contribution in [0.4, 0.5) is 0 Å². The zero-order valence-electron chi connectivity index (χ0n) is 13.8. The number of amides is 2. The average Bonchev–Trinajstić information content (AvgIpc) is 2.98. The number of hydrogen-bond donors (Lipinski definition) is 1. The van der Waals surface area contributed by atoms with Gasteiger partial charge in [0.25, 0.3) is 5.91 Å². The molecule has 0 bridgehead atoms. The summed E-state index contributed by atoms with van der Waals surface area (Å²) in [6, 6.07) is -0.913. The Labute approximate surface area is 143 Å². The molecule has 0 spiro atoms. The van der Waals surface area contributed by atoms with E-state index in [-0.39, 0.29) is 25.3 Å². The maximum absolute atomic E-state index is 12.4. The summed E-state index contributed by atoms with van der Waals surface area (Å²) in [6.45, 7) is 5.39. The van der Waals surface area contributed by atoms with Crippen molar-refractivity contribution in [3.05, 3.63) is 21.4 Å². The van der Waals surface area contributed by atoms with Gasteiger partial charge in [0.05, 0.1) is 4.88 Å². The number of carbonyl (C=O) groups is 4. The van der Waals surface area contributed by atoms with Crippen LogP contribution in [0.1, 0.15) is 59.2 Å². The number of hydrogen-bond acceptors (Lipinski definition) is 6. The molecule has 0 aliphatic carbocycles. The SMILES string of the molecule is CC(C)(C)OC(=O)CCC(C(N)=O)N1Cc2c(C=O)csc2C1=O. The molecule has 1 atom stereocenters. The Hall–Kier alpha value is -2.22. The molecule has 130 valence electrons. The van der Waals surface area contributed by atoms with Crippen molar-refractivity contribution in [3.63, 3.8) is 0 Å². The summed E-state index contributed by atoms with van der Waals surface area (Å²) in [5.74, 6) is -1.48. The number of nitrogens with two attached hydrogens (primary N) is 1. The first-order chi connectivity index (χ1) is 11.1. The minimum Gasteiger partial charge on any atom is -0.460 e. The predicted octanol–water partition coefficient (Wildman–Crippen LogP) is 1.49. The van der Waals surface area contributed by atoms with Crippen LogP contribution >= 0.6 is 11.3 Å². The Bertz CT molecular complexity index is 689. The molecule has 2 N–H and O–H groups in total. The molecule has 1 aromatic rings. The number of fused-ring (bicyclic) bond motifs is 1. The van der Waals surface area contributed by atoms with E-state index in [1.165, 1.54) is 16.2 Å². The van der Waals surface area contributed by atoms with Crippen molar-refractivity contribution in [1.82, 2.24) is 4.90 Å². The van der Waals surface area contributed by atoms with E-state index in [2.05, 4.69) is 0 Å². The Morgan fingerprint density at radius 2 is 2.12 bits per heavy atom. The summed E-state index contributed by atoms with van der Waals surface area (Å²) in [6.07, 6.45) is 0.746. The van der Waals surface area contributed by atoms with Crippen LogP contribution in [0, 0.1) is 0 Å². The number of carbonyl (C=O) groups excluding carboxylic acids is 4. The van der Waals surface area contributed by atoms with E-state index in [9.17, 15) is 19.2 Å². The first-order valence-corrected chi connectivity index (χ1v) is 8.39. The van der Waals surface area contributed by atoms with Gasteiger partial charge in [-0.15, -0.1) is 11.3 Å². The monoisotopic (exact) mass is 352 g/mol. The molecule has 0 aromatic carbocycles. The minimum absolute atomic E-state index is 0.0250. The Balaban J connectivity index is 2.08. The molecule has 2 amide bonds. The zero-order valence-corrected chi connectivity index (χ0v) is 14.6. The highest BCUT2D eigenvalue weighted by atomic mass is 32.1. The number of thiophene rings is 1. The lowest BCUT2D eigenvalue weighted by atomic mass is 10.1. The van der Waals surface area contributed by atoms with Crippen LogP contribution in [-0.4, -0.2) is 40.6 Å². The van der Waals surface area contributed by atoms with Crippen LogP contribution in [0.25, 0.3) is 0 Å². The summed E-state index contributed by atoms with van der Waals surface area (Å²) in [5.41, 5.74) is 5.86. The number of aldehydes is 1. The fourth-order valence-electron chi connectivity index (χ4n) is 2.56. The molecule has 0 saturated heterocycles. The van der Waals surface area contributed by atoms with E-state index in [1.807, 2.05) is 0 Å². The second-order valence-electron chi connectivity index (χ2n) is 6.59. The molecule has 24 heavy (non-hydrogen) atoms. The molecule has 8 heteroatoms. The molecule has 1 aromatic heterocycles. The third kappa shape index (κ3) is 3.81. The molecular weight excluding hydrogens is 332 g/mol. The average molecular weight is 352 g/mol. The molecular formula is C16H20N2O5S. The van der Waals surface area contributed by atoms with Crippen LogP contribution in [0.2, 0.25) is 0 Å². The first-order valence-electron chi connectivity index (χ1n) is 7.51. The van der Waals surface area contributed by atoms with Gasteiger partial charge in [0.1, 0.15) is 11.6 Å². The molecule has 0 fully saturated rings. The van der Waals surface area contributed by atoms with Gasteiger partial charge in [0.15, 0.2) is 6.29 Å². The summed E-state index contributed by atoms with van der Waals surface area (Å²) >= 11 is 1.17. The maximum atomic E-state index is 12.4. The van der Waals surface area contributed by atoms with E-state index in [0.717, 1.165) is 0 Å². The van der Waals surface area contributed by atoms with E-state index < -0.39 is 23.5 Å². The normalized spacial score (nSPS) is 15.1. The van der Waals surface area contributed by atoms with Crippen molar-refractivity contribution < 1.29 is 23.9 Å². The third-order valence-electron chi connectivity index (χ3n) is 3.58. The number of nitrogens with zero attached hydrogens (tertiary/aromatic N) is 1. The Morgan fingerprint density at radius 1 is 1.46 bits per heavy atom. The molecule has 1 unspecified atom stereocenters. The van der Waals surface area contributed by atoms with Crippen molar-refractivity contribution >= 4 is 35.4 Å². The van der Waals surface area contributed by atoms with Crippen LogP contribution in [0.3, 0.4) is 0 Å². The molecule has 1 aliphatic rings. The molecule has 0 radical (unpaired) electrons. The van der Waals surface area contributed by atoms with Gasteiger partial charge in [-0.05, 0) is 27.2 Å². The van der Waals surface area contributed by atoms with Gasteiger partial charge < -0.3 is 15.4 Å². The lowest BCUT2D eigenvalue weighted by Gasteiger charge is -2.26. The van der Waals surface area contributed by atoms with Gasteiger partial charge in [-0.25, -0.2) is 0 Å². The zero-order chi connectivity index (χ0) is 18.1. The Kier molecular flexibility index (Phi) is 5.08. The summed E-state index contributed by atoms with van der Waals surface area (Å²) in [4.78, 5) is 48.8. The van der Waals surface area contributed by atoms with E-state index in [4.69, 9.17) is 10.5 Å². The smallest absolute Gasteiger partial charge is 0.306 e. The quantitative estimate of drug-likeness (QED) is 0.616. The Morgan fingerprint density at radius 3 is 2.67 bits per heavy atom. The standard InChI is InChI=1S/C16H20N2O5S/c1-16(2,3)23-12(20)5-4-11(14(17)21)18-6-10-9(7-19)8-24-13(10)15(18)22/h7-8,11H,4-6H2,1-3H3,(H2,17,21). The molecule has 7 nitrogen and oxygen atoms in total. The maximum Gasteiger partial charge on any atom is 0.306 e. The van der Waals surface area contributed by atoms with Gasteiger partial charge >= 0.3 is 5.97 Å². The van der Waals surface area contributed by atoms with Gasteiger partial charge in [0, 0.05) is 29.5 Å². The van der Waals surface area contributed by atoms with Crippen LogP contribution in [0.5, 0.6) is 0 Å². The van der Waals surface area contributed by atoms with Crippen molar-refractivity contribution in [3.8, 4) is 0 Å². The van der Waals surface area contributed by atoms with Crippen molar-refractivity contribution in [2.24, 2.45) is 5.73 Å². The molecule has 1 aliphatic heterocycles. The fraction of sp³-hybridized carbons (Fsp3) is 0.500. The second-order valence-corrected chi connectivity index (χ2v) is 7.47. The number of primary amides is 1. The summed E-state index contributed by atoms with van der Waals surface area (Å²) in [5, 5.41) is 1.62. The number of rotatable bonds is 6. The van der Waals surface area contributed by atoms with Gasteiger partial charge in [0.2, 0.25) is 5.91 Å². The van der Waals surface area contributed by atoms with E-state index >= 15 is 0 Å². The van der Waals surface area contributed by atoms with Crippen molar-refractivity contribution in [1.29, 1.82) is 0 Å². The van der Waals surface area contributed by atoms with Crippen LogP contribution < -0.4 is 5.73 Å². The first kappa shape index (κ1) is 18.1. The highest BCUT2D eigenvalue weighted by Crippen LogP contribution is 2.32. The highest BCUT2D eigenvalue weighted by molar-refractivity contribution is 7.12. The molecule has 0 saturated carbocycles. The fourth-order valence-corrected chi connectivity index (χ4v) is 3.55. The topological polar surface area (TPSA) is 107 Å². The van der Waals surface area contributed by atoms with Crippen LogP contribution in [-0.2, 0) is 20.9 Å². The van der Waals surface area contributed by atoms with E-state index in [1.54, 1.807) is 26.2 Å². The van der Waals surface area contributed by atoms with E-state index in [0.29, 0.717) is 22.3 Å². The van der Waals surface area contributed by atoms with Gasteiger partial charge in [-0.2, -0.15) is 0 Å². The van der Waals surface area contributed by atoms with Gasteiger partial charge in [-0.1, -0.05) is 0 Å². The van der Waals surface area contributed by atoms with Crippen molar-refractivity contribution in [2.45, 2.75) is 51.8 Å². The summed E-state index contributed by atoms with van der Waals surface area (Å²) < 4.78 is 5.20. The highest BCUT2D eigenvalue weighted by Gasteiger charge is 2.38. The van der Waals surface area contributed by atoms with Crippen LogP contribution in [0.15, 0.2) is 5.38 Å². The number of esters is 1. The minimum atomic E-state index is -0.913. The number of ether oxygens (including phenoxy) is 1. The molecule has 2 heterocycles. The van der Waals surface area contributed by atoms with Crippen molar-refractivity contribution in [2.75, 3.05) is 0 Å². The predicted molar refractivity (Wildman–Crippen MR) is 87.6 cm³/mol. The third-order valence-corrected chi connectivity index (χ3v) is 4.61. The summed E-state index contributed by atoms with van der Waals surface area (Å²) in [7, 11) is 0. The second kappa shape index (κ2) is 6.72. The molecule has 2 rings (SSSR count).